The zero-order chi connectivity index (χ0) is 24.6. The SMILES string of the molecule is Clc1ccc2c(c1)cc1c(-c3ccccc3)c(-c3ccccc3)[n+]3ccccc3n12.F[B-](F)(F)F. The summed E-state index contributed by atoms with van der Waals surface area (Å²) < 4.78 is 43.6. The van der Waals surface area contributed by atoms with Crippen molar-refractivity contribution in [3.05, 3.63) is 114 Å². The molecule has 3 heterocycles. The molecule has 0 aliphatic heterocycles. The van der Waals surface area contributed by atoms with E-state index >= 15 is 0 Å². The van der Waals surface area contributed by atoms with Gasteiger partial charge in [-0.1, -0.05) is 78.3 Å². The third kappa shape index (κ3) is 4.59. The van der Waals surface area contributed by atoms with E-state index in [2.05, 4.69) is 106 Å². The smallest absolute Gasteiger partial charge is 0.418 e. The van der Waals surface area contributed by atoms with Crippen molar-refractivity contribution >= 4 is 40.9 Å². The lowest BCUT2D eigenvalue weighted by molar-refractivity contribution is -0.501. The maximum atomic E-state index is 9.75. The van der Waals surface area contributed by atoms with Gasteiger partial charge in [0, 0.05) is 22.0 Å². The number of nitrogens with zero attached hydrogens (tertiary/aromatic N) is 2. The molecule has 0 atom stereocenters. The van der Waals surface area contributed by atoms with E-state index in [0.29, 0.717) is 0 Å². The van der Waals surface area contributed by atoms with Crippen LogP contribution in [0.3, 0.4) is 0 Å². The highest BCUT2D eigenvalue weighted by Gasteiger charge is 2.25. The predicted molar refractivity (Wildman–Crippen MR) is 134 cm³/mol. The van der Waals surface area contributed by atoms with Crippen LogP contribution in [0.1, 0.15) is 0 Å². The standard InChI is InChI=1S/C27H18ClN2.BF4/c28-22-14-15-23-21(17-22)18-24-26(19-9-3-1-4-10-19)27(20-11-5-2-6-12-20)29-16-8-7-13-25(29)30(23)24;2-1(3,4)5/h1-18H;/q+1;-1. The molecule has 6 aromatic rings. The third-order valence-corrected chi connectivity index (χ3v) is 5.91. The monoisotopic (exact) mass is 492 g/mol. The predicted octanol–water partition coefficient (Wildman–Crippen LogP) is 8.12. The van der Waals surface area contributed by atoms with Crippen LogP contribution in [0.2, 0.25) is 5.02 Å². The number of hydrogen-bond acceptors (Lipinski definition) is 0. The molecule has 0 saturated heterocycles. The van der Waals surface area contributed by atoms with Crippen molar-refractivity contribution in [3.63, 3.8) is 0 Å². The molecular formula is C27H18BClF4N2. The lowest BCUT2D eigenvalue weighted by atomic mass is 9.98. The zero-order valence-corrected chi connectivity index (χ0v) is 19.0. The fraction of sp³-hybridized carbons (Fsp3) is 0. The maximum absolute atomic E-state index is 9.75. The van der Waals surface area contributed by atoms with E-state index in [9.17, 15) is 17.3 Å². The minimum Gasteiger partial charge on any atom is -0.418 e. The Hall–Kier alpha value is -3.84. The molecule has 2 nitrogen and oxygen atoms in total. The van der Waals surface area contributed by atoms with E-state index in [1.54, 1.807) is 0 Å². The quantitative estimate of drug-likeness (QED) is 0.131. The zero-order valence-electron chi connectivity index (χ0n) is 18.3. The molecule has 0 aliphatic carbocycles. The molecule has 0 fully saturated rings. The Kier molecular flexibility index (Phi) is 5.95. The van der Waals surface area contributed by atoms with Gasteiger partial charge in [-0.2, -0.15) is 8.80 Å². The lowest BCUT2D eigenvalue weighted by Crippen LogP contribution is -2.28. The first-order chi connectivity index (χ1) is 16.8. The molecule has 35 heavy (non-hydrogen) atoms. The maximum Gasteiger partial charge on any atom is 0.673 e. The molecule has 0 bridgehead atoms. The van der Waals surface area contributed by atoms with Gasteiger partial charge in [-0.25, -0.2) is 0 Å². The molecule has 0 radical (unpaired) electrons. The number of fused-ring (bicyclic) bond motifs is 5. The summed E-state index contributed by atoms with van der Waals surface area (Å²) in [7, 11) is -6.00. The number of hydrogen-bond donors (Lipinski definition) is 0. The van der Waals surface area contributed by atoms with Gasteiger partial charge in [0.15, 0.2) is 5.69 Å². The van der Waals surface area contributed by atoms with E-state index < -0.39 is 7.25 Å². The van der Waals surface area contributed by atoms with Gasteiger partial charge >= 0.3 is 7.25 Å². The average Bonchev–Trinajstić information content (AvgIpc) is 3.21. The summed E-state index contributed by atoms with van der Waals surface area (Å²) in [4.78, 5) is 0. The molecule has 0 N–H and O–H groups in total. The number of benzene rings is 3. The van der Waals surface area contributed by atoms with Crippen molar-refractivity contribution in [2.45, 2.75) is 0 Å². The fourth-order valence-corrected chi connectivity index (χ4v) is 4.61. The number of pyridine rings is 1. The highest BCUT2D eigenvalue weighted by Crippen LogP contribution is 2.37. The van der Waals surface area contributed by atoms with Gasteiger partial charge in [-0.3, -0.25) is 0 Å². The van der Waals surface area contributed by atoms with Crippen LogP contribution in [0.5, 0.6) is 0 Å². The molecule has 0 aliphatic rings. The van der Waals surface area contributed by atoms with Gasteiger partial charge < -0.3 is 17.3 Å². The first-order valence-electron chi connectivity index (χ1n) is 10.9. The Morgan fingerprint density at radius 2 is 1.26 bits per heavy atom. The highest BCUT2D eigenvalue weighted by atomic mass is 35.5. The molecule has 3 aromatic carbocycles. The Bertz CT molecular complexity index is 1640. The first kappa shape index (κ1) is 22.9. The molecule has 6 rings (SSSR count). The number of aromatic nitrogens is 2. The molecule has 0 unspecified atom stereocenters. The topological polar surface area (TPSA) is 8.51 Å². The van der Waals surface area contributed by atoms with Crippen LogP contribution in [-0.4, -0.2) is 11.7 Å². The van der Waals surface area contributed by atoms with Gasteiger partial charge in [0.2, 0.25) is 0 Å². The summed E-state index contributed by atoms with van der Waals surface area (Å²) in [5.41, 5.74) is 8.19. The van der Waals surface area contributed by atoms with E-state index in [-0.39, 0.29) is 0 Å². The van der Waals surface area contributed by atoms with Crippen LogP contribution in [0, 0.1) is 0 Å². The molecular weight excluding hydrogens is 475 g/mol. The van der Waals surface area contributed by atoms with Gasteiger partial charge in [-0.05, 0) is 35.9 Å². The number of halogens is 5. The van der Waals surface area contributed by atoms with Crippen LogP contribution < -0.4 is 4.40 Å². The van der Waals surface area contributed by atoms with Crippen molar-refractivity contribution in [3.8, 4) is 22.4 Å². The third-order valence-electron chi connectivity index (χ3n) is 5.67. The van der Waals surface area contributed by atoms with E-state index in [1.807, 2.05) is 12.1 Å². The minimum absolute atomic E-state index is 0.750. The van der Waals surface area contributed by atoms with E-state index in [4.69, 9.17) is 11.6 Å². The summed E-state index contributed by atoms with van der Waals surface area (Å²) in [5.74, 6) is 0. The largest absolute Gasteiger partial charge is 0.673 e. The van der Waals surface area contributed by atoms with Crippen LogP contribution in [0.25, 0.3) is 44.5 Å². The Morgan fingerprint density at radius 1 is 0.657 bits per heavy atom. The summed E-state index contributed by atoms with van der Waals surface area (Å²) in [6, 6.07) is 35.9. The Balaban J connectivity index is 0.000000464. The van der Waals surface area contributed by atoms with Gasteiger partial charge in [0.25, 0.3) is 5.65 Å². The second-order valence-corrected chi connectivity index (χ2v) is 8.38. The molecule has 0 saturated carbocycles. The molecule has 3 aromatic heterocycles. The summed E-state index contributed by atoms with van der Waals surface area (Å²) in [6.45, 7) is 0. The van der Waals surface area contributed by atoms with Gasteiger partial charge in [-0.15, -0.1) is 0 Å². The summed E-state index contributed by atoms with van der Waals surface area (Å²) >= 11 is 6.33. The minimum atomic E-state index is -6.00. The van der Waals surface area contributed by atoms with Crippen LogP contribution in [0.15, 0.2) is 109 Å². The van der Waals surface area contributed by atoms with Crippen molar-refractivity contribution in [1.29, 1.82) is 0 Å². The molecule has 174 valence electrons. The van der Waals surface area contributed by atoms with E-state index in [1.165, 1.54) is 27.9 Å². The molecule has 8 heteroatoms. The Morgan fingerprint density at radius 3 is 1.91 bits per heavy atom. The fourth-order valence-electron chi connectivity index (χ4n) is 4.43. The van der Waals surface area contributed by atoms with Crippen molar-refractivity contribution in [2.24, 2.45) is 0 Å². The highest BCUT2D eigenvalue weighted by molar-refractivity contribution is 6.50. The van der Waals surface area contributed by atoms with Crippen molar-refractivity contribution < 1.29 is 21.7 Å². The van der Waals surface area contributed by atoms with Gasteiger partial charge in [0.1, 0.15) is 11.0 Å². The first-order valence-corrected chi connectivity index (χ1v) is 11.2. The van der Waals surface area contributed by atoms with Crippen LogP contribution in [-0.2, 0) is 0 Å². The number of rotatable bonds is 2. The van der Waals surface area contributed by atoms with Crippen molar-refractivity contribution in [1.82, 2.24) is 4.40 Å². The summed E-state index contributed by atoms with van der Waals surface area (Å²) in [5, 5.41) is 1.88. The van der Waals surface area contributed by atoms with E-state index in [0.717, 1.165) is 21.6 Å². The van der Waals surface area contributed by atoms with Crippen LogP contribution >= 0.6 is 11.6 Å². The second-order valence-electron chi connectivity index (χ2n) is 7.95. The van der Waals surface area contributed by atoms with Crippen LogP contribution in [0.4, 0.5) is 17.3 Å². The summed E-state index contributed by atoms with van der Waals surface area (Å²) in [6.07, 6.45) is 2.14. The normalized spacial score (nSPS) is 11.6. The molecule has 0 spiro atoms. The van der Waals surface area contributed by atoms with Crippen molar-refractivity contribution in [2.75, 3.05) is 0 Å². The average molecular weight is 493 g/mol. The second kappa shape index (κ2) is 9.08. The Labute approximate surface area is 203 Å². The lowest BCUT2D eigenvalue weighted by Gasteiger charge is -2.12. The molecule has 0 amide bonds. The van der Waals surface area contributed by atoms with Gasteiger partial charge in [0.05, 0.1) is 11.8 Å².